The van der Waals surface area contributed by atoms with Gasteiger partial charge in [0.2, 0.25) is 0 Å². The average molecular weight is 268 g/mol. The number of carbonyl (C=O) groups is 1. The number of aromatic hydroxyl groups is 1. The van der Waals surface area contributed by atoms with Gasteiger partial charge in [0, 0.05) is 5.56 Å². The van der Waals surface area contributed by atoms with Crippen molar-refractivity contribution in [3.05, 3.63) is 28.8 Å². The van der Waals surface area contributed by atoms with Crippen LogP contribution in [0.25, 0.3) is 0 Å². The second kappa shape index (κ2) is 5.79. The molecule has 0 saturated heterocycles. The molecule has 0 bridgehead atoms. The monoisotopic (exact) mass is 267 g/mol. The van der Waals surface area contributed by atoms with Crippen LogP contribution in [0.1, 0.15) is 27.5 Å². The number of aryl methyl sites for hydroxylation is 1. The summed E-state index contributed by atoms with van der Waals surface area (Å²) in [7, 11) is 0. The summed E-state index contributed by atoms with van der Waals surface area (Å²) in [6.07, 6.45) is -2.87. The van der Waals surface area contributed by atoms with Crippen molar-refractivity contribution in [2.45, 2.75) is 19.4 Å². The largest absolute Gasteiger partial charge is 0.507 e. The topological polar surface area (TPSA) is 83.5 Å². The number of aromatic carboxylic acids is 1. The molecule has 0 aromatic heterocycles. The number of halogens is 3. The van der Waals surface area contributed by atoms with Crippen molar-refractivity contribution in [2.24, 2.45) is 5.73 Å². The van der Waals surface area contributed by atoms with E-state index < -0.39 is 29.7 Å². The van der Waals surface area contributed by atoms with Crippen LogP contribution in [-0.2, 0) is 0 Å². The molecule has 0 amide bonds. The fourth-order valence-electron chi connectivity index (χ4n) is 1.36. The standard InChI is InChI=1S/C10H11F2NO3.ClH/c1-4-2-5(7(13)9(11)12)8(14)6(3-4)10(15)16;/h2-3,7,9,14H,13H2,1H3,(H,15,16);1H/t7-;/m1./s1. The molecule has 1 aromatic rings. The van der Waals surface area contributed by atoms with Crippen molar-refractivity contribution in [2.75, 3.05) is 0 Å². The Morgan fingerprint density at radius 3 is 2.35 bits per heavy atom. The minimum Gasteiger partial charge on any atom is -0.507 e. The van der Waals surface area contributed by atoms with Crippen LogP contribution >= 0.6 is 12.4 Å². The van der Waals surface area contributed by atoms with Crippen molar-refractivity contribution >= 4 is 18.4 Å². The molecule has 4 N–H and O–H groups in total. The highest BCUT2D eigenvalue weighted by Crippen LogP contribution is 2.31. The summed E-state index contributed by atoms with van der Waals surface area (Å²) in [6.45, 7) is 1.54. The smallest absolute Gasteiger partial charge is 0.339 e. The number of rotatable bonds is 3. The summed E-state index contributed by atoms with van der Waals surface area (Å²) in [5, 5.41) is 18.3. The van der Waals surface area contributed by atoms with Crippen molar-refractivity contribution in [3.8, 4) is 5.75 Å². The summed E-state index contributed by atoms with van der Waals surface area (Å²) in [6, 6.07) is 0.746. The molecule has 1 aromatic carbocycles. The van der Waals surface area contributed by atoms with Crippen LogP contribution in [0, 0.1) is 6.92 Å². The van der Waals surface area contributed by atoms with Gasteiger partial charge in [-0.1, -0.05) is 6.07 Å². The first kappa shape index (κ1) is 15.6. The first-order valence-electron chi connectivity index (χ1n) is 4.45. The molecule has 0 saturated carbocycles. The minimum absolute atomic E-state index is 0. The van der Waals surface area contributed by atoms with Gasteiger partial charge in [-0.2, -0.15) is 0 Å². The zero-order valence-electron chi connectivity index (χ0n) is 8.85. The van der Waals surface area contributed by atoms with Gasteiger partial charge in [0.05, 0.1) is 6.04 Å². The summed E-state index contributed by atoms with van der Waals surface area (Å²) in [5.41, 5.74) is 4.94. The van der Waals surface area contributed by atoms with Gasteiger partial charge in [-0.05, 0) is 18.6 Å². The van der Waals surface area contributed by atoms with Crippen LogP contribution in [0.2, 0.25) is 0 Å². The highest BCUT2D eigenvalue weighted by atomic mass is 35.5. The summed E-state index contributed by atoms with van der Waals surface area (Å²) in [5.74, 6) is -2.09. The van der Waals surface area contributed by atoms with Crippen molar-refractivity contribution in [1.82, 2.24) is 0 Å². The zero-order valence-corrected chi connectivity index (χ0v) is 9.67. The molecule has 0 spiro atoms. The Balaban J connectivity index is 0.00000256. The molecule has 0 aliphatic heterocycles. The number of hydrogen-bond donors (Lipinski definition) is 3. The first-order valence-corrected chi connectivity index (χ1v) is 4.45. The van der Waals surface area contributed by atoms with Crippen LogP contribution in [-0.4, -0.2) is 22.6 Å². The number of nitrogens with two attached hydrogens (primary N) is 1. The molecule has 0 heterocycles. The van der Waals surface area contributed by atoms with Gasteiger partial charge in [-0.25, -0.2) is 13.6 Å². The molecule has 4 nitrogen and oxygen atoms in total. The Bertz CT molecular complexity index is 426. The highest BCUT2D eigenvalue weighted by Gasteiger charge is 2.24. The van der Waals surface area contributed by atoms with Crippen LogP contribution in [0.3, 0.4) is 0 Å². The first-order chi connectivity index (χ1) is 7.34. The van der Waals surface area contributed by atoms with Crippen molar-refractivity contribution in [3.63, 3.8) is 0 Å². The van der Waals surface area contributed by atoms with Crippen molar-refractivity contribution in [1.29, 1.82) is 0 Å². The van der Waals surface area contributed by atoms with Gasteiger partial charge in [-0.15, -0.1) is 12.4 Å². The van der Waals surface area contributed by atoms with Gasteiger partial charge < -0.3 is 15.9 Å². The lowest BCUT2D eigenvalue weighted by atomic mass is 10.00. The summed E-state index contributed by atoms with van der Waals surface area (Å²) in [4.78, 5) is 10.7. The normalized spacial score (nSPS) is 12.1. The quantitative estimate of drug-likeness (QED) is 0.783. The molecular formula is C10H12ClF2NO3. The van der Waals surface area contributed by atoms with Gasteiger partial charge in [0.1, 0.15) is 11.3 Å². The maximum absolute atomic E-state index is 12.4. The van der Waals surface area contributed by atoms with Crippen LogP contribution in [0.5, 0.6) is 5.75 Å². The predicted molar refractivity (Wildman–Crippen MR) is 60.0 cm³/mol. The lowest BCUT2D eigenvalue weighted by Crippen LogP contribution is -2.20. The SMILES string of the molecule is Cc1cc(C(=O)O)c(O)c([C@@H](N)C(F)F)c1.Cl. The van der Waals surface area contributed by atoms with Gasteiger partial charge >= 0.3 is 5.97 Å². The van der Waals surface area contributed by atoms with E-state index in [0.717, 1.165) is 0 Å². The van der Waals surface area contributed by atoms with Crippen LogP contribution in [0.15, 0.2) is 12.1 Å². The van der Waals surface area contributed by atoms with Crippen LogP contribution < -0.4 is 5.73 Å². The molecule has 1 atom stereocenters. The zero-order chi connectivity index (χ0) is 12.5. The van der Waals surface area contributed by atoms with Gasteiger partial charge in [0.15, 0.2) is 0 Å². The molecule has 0 fully saturated rings. The van der Waals surface area contributed by atoms with E-state index in [2.05, 4.69) is 0 Å². The Hall–Kier alpha value is -1.40. The second-order valence-corrected chi connectivity index (χ2v) is 3.42. The Morgan fingerprint density at radius 2 is 1.94 bits per heavy atom. The molecule has 7 heteroatoms. The van der Waals surface area contributed by atoms with Gasteiger partial charge in [-0.3, -0.25) is 0 Å². The second-order valence-electron chi connectivity index (χ2n) is 3.42. The van der Waals surface area contributed by atoms with Crippen LogP contribution in [0.4, 0.5) is 8.78 Å². The van der Waals surface area contributed by atoms with E-state index in [1.807, 2.05) is 0 Å². The van der Waals surface area contributed by atoms with E-state index >= 15 is 0 Å². The van der Waals surface area contributed by atoms with E-state index in [-0.39, 0.29) is 18.0 Å². The number of hydrogen-bond acceptors (Lipinski definition) is 3. The predicted octanol–water partition coefficient (Wildman–Crippen LogP) is 2.09. The minimum atomic E-state index is -2.87. The third kappa shape index (κ3) is 3.28. The molecule has 0 aliphatic carbocycles. The van der Waals surface area contributed by atoms with E-state index in [0.29, 0.717) is 5.56 Å². The lowest BCUT2D eigenvalue weighted by Gasteiger charge is -2.15. The molecule has 17 heavy (non-hydrogen) atoms. The maximum Gasteiger partial charge on any atom is 0.339 e. The van der Waals surface area contributed by atoms with Crippen molar-refractivity contribution < 1.29 is 23.8 Å². The number of benzene rings is 1. The number of carboxylic acid groups (broad SMARTS) is 1. The molecular weight excluding hydrogens is 256 g/mol. The maximum atomic E-state index is 12.4. The van der Waals surface area contributed by atoms with E-state index in [9.17, 15) is 18.7 Å². The molecule has 0 unspecified atom stereocenters. The summed E-state index contributed by atoms with van der Waals surface area (Å²) < 4.78 is 24.8. The molecule has 1 rings (SSSR count). The molecule has 0 aliphatic rings. The fourth-order valence-corrected chi connectivity index (χ4v) is 1.36. The number of carboxylic acids is 1. The third-order valence-corrected chi connectivity index (χ3v) is 2.14. The fraction of sp³-hybridized carbons (Fsp3) is 0.300. The van der Waals surface area contributed by atoms with E-state index in [1.54, 1.807) is 0 Å². The Labute approximate surface area is 102 Å². The Morgan fingerprint density at radius 1 is 1.41 bits per heavy atom. The van der Waals surface area contributed by atoms with Gasteiger partial charge in [0.25, 0.3) is 6.43 Å². The van der Waals surface area contributed by atoms with E-state index in [4.69, 9.17) is 10.8 Å². The van der Waals surface area contributed by atoms with E-state index in [1.165, 1.54) is 19.1 Å². The molecule has 96 valence electrons. The molecule has 0 radical (unpaired) electrons. The average Bonchev–Trinajstić information content (AvgIpc) is 2.19. The highest BCUT2D eigenvalue weighted by molar-refractivity contribution is 5.91. The third-order valence-electron chi connectivity index (χ3n) is 2.14. The Kier molecular flexibility index (Phi) is 5.31. The number of phenols is 1. The lowest BCUT2D eigenvalue weighted by molar-refractivity contribution is 0.0692. The number of alkyl halides is 2. The summed E-state index contributed by atoms with van der Waals surface area (Å²) >= 11 is 0.